The third-order valence-electron chi connectivity index (χ3n) is 6.34. The fourth-order valence-electron chi connectivity index (χ4n) is 4.41. The predicted molar refractivity (Wildman–Crippen MR) is 119 cm³/mol. The molecule has 5 rings (SSSR count). The van der Waals surface area contributed by atoms with Crippen molar-refractivity contribution in [1.29, 1.82) is 0 Å². The molecule has 1 aliphatic heterocycles. The Kier molecular flexibility index (Phi) is 5.52. The standard InChI is InChI=1S/C25H23F3N4O/c26-25(27,28)19-8-4-7-18(15-19)22-9-10-29-24(30-22)32-13-11-31(12-14-32)23(33)21-16-20(21)17-5-2-1-3-6-17/h1-10,15,20-21H,11-14,16H2/t20-,21?/m0/s1. The van der Waals surface area contributed by atoms with Crippen LogP contribution in [-0.4, -0.2) is 47.0 Å². The van der Waals surface area contributed by atoms with Crippen molar-refractivity contribution in [2.45, 2.75) is 18.5 Å². The van der Waals surface area contributed by atoms with E-state index < -0.39 is 11.7 Å². The van der Waals surface area contributed by atoms with Gasteiger partial charge in [-0.3, -0.25) is 4.79 Å². The van der Waals surface area contributed by atoms with Crippen molar-refractivity contribution >= 4 is 11.9 Å². The number of amides is 1. The first kappa shape index (κ1) is 21.4. The van der Waals surface area contributed by atoms with E-state index >= 15 is 0 Å². The molecule has 8 heteroatoms. The maximum Gasteiger partial charge on any atom is 0.416 e. The van der Waals surface area contributed by atoms with Crippen LogP contribution in [0.5, 0.6) is 0 Å². The summed E-state index contributed by atoms with van der Waals surface area (Å²) in [5.41, 5.74) is 1.34. The van der Waals surface area contributed by atoms with Gasteiger partial charge in [-0.2, -0.15) is 13.2 Å². The lowest BCUT2D eigenvalue weighted by atomic mass is 10.1. The molecular formula is C25H23F3N4O. The van der Waals surface area contributed by atoms with E-state index in [4.69, 9.17) is 0 Å². The summed E-state index contributed by atoms with van der Waals surface area (Å²) in [6.07, 6.45) is -1.95. The Bertz CT molecular complexity index is 1140. The number of anilines is 1. The highest BCUT2D eigenvalue weighted by Crippen LogP contribution is 2.48. The van der Waals surface area contributed by atoms with Crippen LogP contribution < -0.4 is 4.90 Å². The number of carbonyl (C=O) groups excluding carboxylic acids is 1. The largest absolute Gasteiger partial charge is 0.416 e. The summed E-state index contributed by atoms with van der Waals surface area (Å²) in [6.45, 7) is 2.32. The zero-order valence-corrected chi connectivity index (χ0v) is 17.9. The number of halogens is 3. The highest BCUT2D eigenvalue weighted by Gasteiger charge is 2.46. The number of hydrogen-bond donors (Lipinski definition) is 0. The fraction of sp³-hybridized carbons (Fsp3) is 0.320. The molecule has 5 nitrogen and oxygen atoms in total. The van der Waals surface area contributed by atoms with Crippen molar-refractivity contribution in [3.8, 4) is 11.3 Å². The molecule has 1 unspecified atom stereocenters. The van der Waals surface area contributed by atoms with Gasteiger partial charge >= 0.3 is 6.18 Å². The number of benzene rings is 2. The van der Waals surface area contributed by atoms with Crippen molar-refractivity contribution in [1.82, 2.24) is 14.9 Å². The van der Waals surface area contributed by atoms with Gasteiger partial charge in [-0.1, -0.05) is 42.5 Å². The molecule has 1 saturated heterocycles. The van der Waals surface area contributed by atoms with Gasteiger partial charge in [0.15, 0.2) is 0 Å². The molecule has 1 aliphatic carbocycles. The average molecular weight is 452 g/mol. The molecule has 2 fully saturated rings. The summed E-state index contributed by atoms with van der Waals surface area (Å²) in [7, 11) is 0. The molecule has 2 aliphatic rings. The van der Waals surface area contributed by atoms with E-state index in [1.54, 1.807) is 18.3 Å². The van der Waals surface area contributed by atoms with Gasteiger partial charge in [0.25, 0.3) is 0 Å². The minimum absolute atomic E-state index is 0.0550. The van der Waals surface area contributed by atoms with Crippen LogP contribution in [0.4, 0.5) is 19.1 Å². The molecule has 2 aromatic carbocycles. The Balaban J connectivity index is 1.23. The summed E-state index contributed by atoms with van der Waals surface area (Å²) in [6, 6.07) is 16.9. The highest BCUT2D eigenvalue weighted by molar-refractivity contribution is 5.83. The van der Waals surface area contributed by atoms with Gasteiger partial charge in [-0.25, -0.2) is 9.97 Å². The summed E-state index contributed by atoms with van der Waals surface area (Å²) < 4.78 is 39.2. The van der Waals surface area contributed by atoms with Gasteiger partial charge in [0.1, 0.15) is 0 Å². The molecule has 33 heavy (non-hydrogen) atoms. The minimum atomic E-state index is -4.41. The van der Waals surface area contributed by atoms with Crippen molar-refractivity contribution in [2.24, 2.45) is 5.92 Å². The molecule has 2 atom stereocenters. The van der Waals surface area contributed by atoms with Crippen LogP contribution in [0, 0.1) is 5.92 Å². The van der Waals surface area contributed by atoms with Crippen molar-refractivity contribution in [2.75, 3.05) is 31.1 Å². The zero-order chi connectivity index (χ0) is 23.0. The smallest absolute Gasteiger partial charge is 0.339 e. The molecule has 1 amide bonds. The second-order valence-electron chi connectivity index (χ2n) is 8.49. The first-order valence-corrected chi connectivity index (χ1v) is 11.0. The summed E-state index contributed by atoms with van der Waals surface area (Å²) in [5, 5.41) is 0. The van der Waals surface area contributed by atoms with Gasteiger partial charge in [-0.05, 0) is 36.1 Å². The fourth-order valence-corrected chi connectivity index (χ4v) is 4.41. The number of piperazine rings is 1. The van der Waals surface area contributed by atoms with E-state index in [0.29, 0.717) is 49.3 Å². The van der Waals surface area contributed by atoms with Gasteiger partial charge in [0.05, 0.1) is 11.3 Å². The number of aromatic nitrogens is 2. The van der Waals surface area contributed by atoms with Crippen LogP contribution in [0.25, 0.3) is 11.3 Å². The number of hydrogen-bond acceptors (Lipinski definition) is 4. The number of alkyl halides is 3. The second kappa shape index (κ2) is 8.50. The topological polar surface area (TPSA) is 49.3 Å². The molecule has 3 aromatic rings. The van der Waals surface area contributed by atoms with Crippen LogP contribution in [0.3, 0.4) is 0 Å². The Morgan fingerprint density at radius 2 is 1.70 bits per heavy atom. The summed E-state index contributed by atoms with van der Waals surface area (Å²) in [4.78, 5) is 25.6. The van der Waals surface area contributed by atoms with Crippen molar-refractivity contribution in [3.63, 3.8) is 0 Å². The van der Waals surface area contributed by atoms with E-state index in [9.17, 15) is 18.0 Å². The molecule has 0 radical (unpaired) electrons. The molecule has 170 valence electrons. The molecule has 0 N–H and O–H groups in total. The quantitative estimate of drug-likeness (QED) is 0.580. The lowest BCUT2D eigenvalue weighted by Crippen LogP contribution is -2.49. The third kappa shape index (κ3) is 4.55. The van der Waals surface area contributed by atoms with Crippen LogP contribution in [0.15, 0.2) is 66.9 Å². The molecule has 1 aromatic heterocycles. The van der Waals surface area contributed by atoms with E-state index in [1.807, 2.05) is 28.0 Å². The molecule has 2 heterocycles. The van der Waals surface area contributed by atoms with Gasteiger partial charge < -0.3 is 9.80 Å². The number of nitrogens with zero attached hydrogens (tertiary/aromatic N) is 4. The van der Waals surface area contributed by atoms with Gasteiger partial charge in [0.2, 0.25) is 11.9 Å². The first-order valence-electron chi connectivity index (χ1n) is 11.0. The number of rotatable bonds is 4. The van der Waals surface area contributed by atoms with E-state index in [-0.39, 0.29) is 11.8 Å². The molecule has 0 bridgehead atoms. The van der Waals surface area contributed by atoms with Crippen LogP contribution in [-0.2, 0) is 11.0 Å². The normalized spacial score (nSPS) is 20.6. The van der Waals surface area contributed by atoms with Crippen LogP contribution in [0.1, 0.15) is 23.5 Å². The van der Waals surface area contributed by atoms with Crippen LogP contribution >= 0.6 is 0 Å². The molecule has 1 saturated carbocycles. The van der Waals surface area contributed by atoms with Gasteiger partial charge in [0, 0.05) is 43.9 Å². The summed E-state index contributed by atoms with van der Waals surface area (Å²) in [5.74, 6) is 1.02. The molecular weight excluding hydrogens is 429 g/mol. The monoisotopic (exact) mass is 452 g/mol. The van der Waals surface area contributed by atoms with Crippen LogP contribution in [0.2, 0.25) is 0 Å². The van der Waals surface area contributed by atoms with E-state index in [2.05, 4.69) is 22.1 Å². The predicted octanol–water partition coefficient (Wildman–Crippen LogP) is 4.61. The average Bonchev–Trinajstić information content (AvgIpc) is 3.65. The van der Waals surface area contributed by atoms with Crippen molar-refractivity contribution < 1.29 is 18.0 Å². The second-order valence-corrected chi connectivity index (χ2v) is 8.49. The van der Waals surface area contributed by atoms with Crippen molar-refractivity contribution in [3.05, 3.63) is 78.0 Å². The lowest BCUT2D eigenvalue weighted by Gasteiger charge is -2.35. The number of carbonyl (C=O) groups is 1. The Hall–Kier alpha value is -3.42. The first-order chi connectivity index (χ1) is 15.9. The Morgan fingerprint density at radius 3 is 2.42 bits per heavy atom. The minimum Gasteiger partial charge on any atom is -0.339 e. The van der Waals surface area contributed by atoms with E-state index in [1.165, 1.54) is 11.6 Å². The highest BCUT2D eigenvalue weighted by atomic mass is 19.4. The third-order valence-corrected chi connectivity index (χ3v) is 6.34. The maximum atomic E-state index is 13.1. The SMILES string of the molecule is O=C(C1C[C@H]1c1ccccc1)N1CCN(c2nccc(-c3cccc(C(F)(F)F)c3)n2)CC1. The lowest BCUT2D eigenvalue weighted by molar-refractivity contribution is -0.137. The van der Waals surface area contributed by atoms with Gasteiger partial charge in [-0.15, -0.1) is 0 Å². The Morgan fingerprint density at radius 1 is 0.939 bits per heavy atom. The molecule has 0 spiro atoms. The zero-order valence-electron chi connectivity index (χ0n) is 17.9. The maximum absolute atomic E-state index is 13.1. The van der Waals surface area contributed by atoms with E-state index in [0.717, 1.165) is 18.6 Å². The Labute approximate surface area is 189 Å². The summed E-state index contributed by atoms with van der Waals surface area (Å²) >= 11 is 0.